The van der Waals surface area contributed by atoms with Crippen molar-refractivity contribution < 1.29 is 24.1 Å². The molecule has 1 saturated heterocycles. The first kappa shape index (κ1) is 10.0. The average molecular weight is 288 g/mol. The highest BCUT2D eigenvalue weighted by Gasteiger charge is 2.25. The molecule has 0 bridgehead atoms. The minimum atomic E-state index is -1.26. The summed E-state index contributed by atoms with van der Waals surface area (Å²) in [5.74, 6) is -0.00421. The summed E-state index contributed by atoms with van der Waals surface area (Å²) in [6, 6.07) is 0. The van der Waals surface area contributed by atoms with E-state index in [1.54, 1.807) is 0 Å². The number of hydrogen-bond donors (Lipinski definition) is 1. The summed E-state index contributed by atoms with van der Waals surface area (Å²) in [5, 5.41) is 8.31. The van der Waals surface area contributed by atoms with Crippen molar-refractivity contribution in [1.82, 2.24) is 0 Å². The maximum absolute atomic E-state index is 10.1. The van der Waals surface area contributed by atoms with Crippen LogP contribution in [0.15, 0.2) is 0 Å². The lowest BCUT2D eigenvalue weighted by molar-refractivity contribution is -0.137. The van der Waals surface area contributed by atoms with E-state index < -0.39 is 10.3 Å². The van der Waals surface area contributed by atoms with Gasteiger partial charge in [0.25, 0.3) is 0 Å². The molecule has 6 heteroatoms. The molecule has 1 unspecified atom stereocenters. The van der Waals surface area contributed by atoms with Crippen molar-refractivity contribution in [1.29, 1.82) is 0 Å². The summed E-state index contributed by atoms with van der Waals surface area (Å²) in [7, 11) is 0. The number of rotatable bonds is 2. The lowest BCUT2D eigenvalue weighted by Crippen LogP contribution is -2.33. The number of carbonyl (C=O) groups is 1. The number of halogens is 1. The van der Waals surface area contributed by atoms with E-state index in [1.807, 2.05) is 22.6 Å². The standard InChI is InChI=1S/C6H9IO5/c7-5(12-6(8)9)4-1-10-3-11-2-4/h4-5H,1-3H2,(H,8,9). The Balaban J connectivity index is 2.29. The number of hydrogen-bond acceptors (Lipinski definition) is 4. The van der Waals surface area contributed by atoms with Gasteiger partial charge in [0.05, 0.1) is 19.1 Å². The molecule has 0 amide bonds. The van der Waals surface area contributed by atoms with Gasteiger partial charge in [-0.05, 0) is 22.6 Å². The highest BCUT2D eigenvalue weighted by atomic mass is 127. The molecule has 1 fully saturated rings. The fourth-order valence-electron chi connectivity index (χ4n) is 0.850. The van der Waals surface area contributed by atoms with Gasteiger partial charge in [-0.3, -0.25) is 0 Å². The van der Waals surface area contributed by atoms with Crippen molar-refractivity contribution in [3.05, 3.63) is 0 Å². The van der Waals surface area contributed by atoms with Crippen molar-refractivity contribution in [2.24, 2.45) is 5.92 Å². The second-order valence-electron chi connectivity index (χ2n) is 2.35. The van der Waals surface area contributed by atoms with Crippen molar-refractivity contribution in [3.63, 3.8) is 0 Å². The van der Waals surface area contributed by atoms with Crippen LogP contribution in [0.1, 0.15) is 0 Å². The molecular formula is C6H9IO5. The monoisotopic (exact) mass is 288 g/mol. The van der Waals surface area contributed by atoms with Gasteiger partial charge in [-0.2, -0.15) is 0 Å². The summed E-state index contributed by atoms with van der Waals surface area (Å²) in [6.07, 6.45) is -1.26. The van der Waals surface area contributed by atoms with Gasteiger partial charge < -0.3 is 19.3 Å². The van der Waals surface area contributed by atoms with Gasteiger partial charge in [0.1, 0.15) is 6.79 Å². The van der Waals surface area contributed by atoms with Crippen molar-refractivity contribution in [3.8, 4) is 0 Å². The molecular weight excluding hydrogens is 279 g/mol. The molecule has 0 saturated carbocycles. The molecule has 0 spiro atoms. The molecule has 1 rings (SSSR count). The summed E-state index contributed by atoms with van der Waals surface area (Å²) < 4.78 is 14.1. The largest absolute Gasteiger partial charge is 0.506 e. The zero-order chi connectivity index (χ0) is 8.97. The van der Waals surface area contributed by atoms with E-state index in [1.165, 1.54) is 0 Å². The van der Waals surface area contributed by atoms with Crippen LogP contribution in [0.4, 0.5) is 4.79 Å². The molecule has 70 valence electrons. The Morgan fingerprint density at radius 2 is 2.17 bits per heavy atom. The molecule has 1 N–H and O–H groups in total. The topological polar surface area (TPSA) is 65.0 Å². The van der Waals surface area contributed by atoms with Gasteiger partial charge in [-0.1, -0.05) is 0 Å². The van der Waals surface area contributed by atoms with Crippen LogP contribution in [0, 0.1) is 5.92 Å². The summed E-state index contributed by atoms with van der Waals surface area (Å²) >= 11 is 1.91. The first-order valence-corrected chi connectivity index (χ1v) is 4.64. The summed E-state index contributed by atoms with van der Waals surface area (Å²) in [5.41, 5.74) is 0. The molecule has 0 aromatic heterocycles. The lowest BCUT2D eigenvalue weighted by Gasteiger charge is -2.25. The number of ether oxygens (including phenoxy) is 3. The number of alkyl halides is 1. The minimum Gasteiger partial charge on any atom is -0.450 e. The van der Waals surface area contributed by atoms with E-state index in [4.69, 9.17) is 14.6 Å². The Bertz CT molecular complexity index is 156. The molecule has 12 heavy (non-hydrogen) atoms. The van der Waals surface area contributed by atoms with Gasteiger partial charge in [0.2, 0.25) is 0 Å². The minimum absolute atomic E-state index is 0.00421. The SMILES string of the molecule is O=C(O)OC(I)C1COCOC1. The Morgan fingerprint density at radius 3 is 2.67 bits per heavy atom. The third-order valence-electron chi connectivity index (χ3n) is 1.41. The van der Waals surface area contributed by atoms with Crippen LogP contribution in [-0.4, -0.2) is 35.4 Å². The highest BCUT2D eigenvalue weighted by molar-refractivity contribution is 14.1. The first-order valence-electron chi connectivity index (χ1n) is 3.39. The van der Waals surface area contributed by atoms with Crippen LogP contribution in [0.5, 0.6) is 0 Å². The Kier molecular flexibility index (Phi) is 4.02. The summed E-state index contributed by atoms with van der Waals surface area (Å²) in [4.78, 5) is 10.1. The Morgan fingerprint density at radius 1 is 1.58 bits per heavy atom. The molecule has 1 heterocycles. The number of carboxylic acid groups (broad SMARTS) is 1. The molecule has 0 aromatic rings. The van der Waals surface area contributed by atoms with Crippen LogP contribution in [0.25, 0.3) is 0 Å². The average Bonchev–Trinajstić information content (AvgIpc) is 2.05. The van der Waals surface area contributed by atoms with Crippen molar-refractivity contribution in [2.75, 3.05) is 20.0 Å². The maximum atomic E-state index is 10.1. The van der Waals surface area contributed by atoms with E-state index in [2.05, 4.69) is 4.74 Å². The van der Waals surface area contributed by atoms with Gasteiger partial charge in [0.15, 0.2) is 4.11 Å². The smallest absolute Gasteiger partial charge is 0.450 e. The fourth-order valence-corrected chi connectivity index (χ4v) is 1.48. The van der Waals surface area contributed by atoms with Crippen LogP contribution in [-0.2, 0) is 14.2 Å². The lowest BCUT2D eigenvalue weighted by atomic mass is 10.2. The molecule has 1 aliphatic rings. The van der Waals surface area contributed by atoms with Crippen LogP contribution in [0.2, 0.25) is 0 Å². The second kappa shape index (κ2) is 4.83. The van der Waals surface area contributed by atoms with Crippen molar-refractivity contribution in [2.45, 2.75) is 4.11 Å². The second-order valence-corrected chi connectivity index (χ2v) is 3.58. The zero-order valence-electron chi connectivity index (χ0n) is 6.23. The first-order chi connectivity index (χ1) is 5.70. The van der Waals surface area contributed by atoms with E-state index in [0.717, 1.165) is 0 Å². The van der Waals surface area contributed by atoms with Gasteiger partial charge in [-0.15, -0.1) is 0 Å². The molecule has 0 aliphatic carbocycles. The van der Waals surface area contributed by atoms with Crippen LogP contribution >= 0.6 is 22.6 Å². The van der Waals surface area contributed by atoms with Gasteiger partial charge in [-0.25, -0.2) is 4.79 Å². The molecule has 0 radical (unpaired) electrons. The maximum Gasteiger partial charge on any atom is 0.506 e. The highest BCUT2D eigenvalue weighted by Crippen LogP contribution is 2.19. The van der Waals surface area contributed by atoms with E-state index in [9.17, 15) is 4.79 Å². The van der Waals surface area contributed by atoms with E-state index in [-0.39, 0.29) is 12.7 Å². The molecule has 0 aromatic carbocycles. The van der Waals surface area contributed by atoms with Crippen molar-refractivity contribution >= 4 is 28.7 Å². The molecule has 1 aliphatic heterocycles. The fraction of sp³-hybridized carbons (Fsp3) is 0.833. The van der Waals surface area contributed by atoms with Gasteiger partial charge >= 0.3 is 6.16 Å². The molecule has 1 atom stereocenters. The predicted molar refractivity (Wildman–Crippen MR) is 47.2 cm³/mol. The third-order valence-corrected chi connectivity index (χ3v) is 2.69. The van der Waals surface area contributed by atoms with Gasteiger partial charge in [0, 0.05) is 0 Å². The summed E-state index contributed by atoms with van der Waals surface area (Å²) in [6.45, 7) is 1.26. The quantitative estimate of drug-likeness (QED) is 0.467. The van der Waals surface area contributed by atoms with E-state index >= 15 is 0 Å². The van der Waals surface area contributed by atoms with Crippen LogP contribution < -0.4 is 0 Å². The Labute approximate surface area is 83.1 Å². The van der Waals surface area contributed by atoms with E-state index in [0.29, 0.717) is 13.2 Å². The zero-order valence-corrected chi connectivity index (χ0v) is 8.39. The third kappa shape index (κ3) is 3.11. The predicted octanol–water partition coefficient (Wildman–Crippen LogP) is 1.06. The van der Waals surface area contributed by atoms with Crippen LogP contribution in [0.3, 0.4) is 0 Å². The molecule has 5 nitrogen and oxygen atoms in total. The normalized spacial score (nSPS) is 21.8. The Hall–Kier alpha value is -0.0800.